The highest BCUT2D eigenvalue weighted by atomic mass is 32.1. The molecule has 0 unspecified atom stereocenters. The van der Waals surface area contributed by atoms with Crippen molar-refractivity contribution in [2.24, 2.45) is 0 Å². The lowest BCUT2D eigenvalue weighted by Gasteiger charge is -2.20. The summed E-state index contributed by atoms with van der Waals surface area (Å²) >= 11 is 4.09. The minimum absolute atomic E-state index is 0.332. The minimum atomic E-state index is -0.332. The van der Waals surface area contributed by atoms with E-state index < -0.39 is 0 Å². The molecule has 0 spiro atoms. The summed E-state index contributed by atoms with van der Waals surface area (Å²) in [6, 6.07) is 0. The standard InChI is InChI=1S/C6H12O2S/c1-6(2-5-9)7-3-4-8-6/h9H,2-5H2,1H3. The summed E-state index contributed by atoms with van der Waals surface area (Å²) in [4.78, 5) is 0. The van der Waals surface area contributed by atoms with Crippen LogP contribution in [0.2, 0.25) is 0 Å². The van der Waals surface area contributed by atoms with Gasteiger partial charge in [-0.3, -0.25) is 0 Å². The molecule has 54 valence electrons. The van der Waals surface area contributed by atoms with Gasteiger partial charge >= 0.3 is 0 Å². The molecule has 9 heavy (non-hydrogen) atoms. The van der Waals surface area contributed by atoms with E-state index in [4.69, 9.17) is 9.47 Å². The van der Waals surface area contributed by atoms with E-state index in [0.29, 0.717) is 0 Å². The molecule has 0 N–H and O–H groups in total. The van der Waals surface area contributed by atoms with E-state index in [1.807, 2.05) is 6.92 Å². The fourth-order valence-electron chi connectivity index (χ4n) is 0.904. The van der Waals surface area contributed by atoms with E-state index in [2.05, 4.69) is 12.6 Å². The van der Waals surface area contributed by atoms with Gasteiger partial charge in [-0.25, -0.2) is 0 Å². The second-order valence-corrected chi connectivity index (χ2v) is 2.75. The van der Waals surface area contributed by atoms with Crippen molar-refractivity contribution in [1.82, 2.24) is 0 Å². The van der Waals surface area contributed by atoms with Gasteiger partial charge in [0.25, 0.3) is 0 Å². The number of ether oxygens (including phenoxy) is 2. The predicted octanol–water partition coefficient (Wildman–Crippen LogP) is 1.07. The zero-order chi connectivity index (χ0) is 6.74. The maximum atomic E-state index is 5.31. The largest absolute Gasteiger partial charge is 0.348 e. The van der Waals surface area contributed by atoms with Gasteiger partial charge in [-0.15, -0.1) is 0 Å². The molecule has 0 aromatic carbocycles. The molecular formula is C6H12O2S. The smallest absolute Gasteiger partial charge is 0.166 e. The van der Waals surface area contributed by atoms with Crippen molar-refractivity contribution in [1.29, 1.82) is 0 Å². The van der Waals surface area contributed by atoms with E-state index in [-0.39, 0.29) is 5.79 Å². The molecule has 1 heterocycles. The monoisotopic (exact) mass is 148 g/mol. The number of rotatable bonds is 2. The Bertz CT molecular complexity index is 89.1. The number of hydrogen-bond donors (Lipinski definition) is 1. The van der Waals surface area contributed by atoms with Crippen molar-refractivity contribution in [2.75, 3.05) is 19.0 Å². The van der Waals surface area contributed by atoms with Crippen LogP contribution in [0.1, 0.15) is 13.3 Å². The third-order valence-electron chi connectivity index (χ3n) is 1.46. The molecule has 1 fully saturated rings. The van der Waals surface area contributed by atoms with E-state index >= 15 is 0 Å². The molecule has 0 aliphatic carbocycles. The third-order valence-corrected chi connectivity index (χ3v) is 1.69. The van der Waals surface area contributed by atoms with Crippen LogP contribution < -0.4 is 0 Å². The van der Waals surface area contributed by atoms with Crippen LogP contribution in [0, 0.1) is 0 Å². The van der Waals surface area contributed by atoms with E-state index in [1.165, 1.54) is 0 Å². The maximum Gasteiger partial charge on any atom is 0.166 e. The molecule has 0 atom stereocenters. The van der Waals surface area contributed by atoms with E-state index in [0.717, 1.165) is 25.4 Å². The van der Waals surface area contributed by atoms with Crippen LogP contribution in [0.5, 0.6) is 0 Å². The van der Waals surface area contributed by atoms with Crippen LogP contribution in [-0.4, -0.2) is 24.8 Å². The third kappa shape index (κ3) is 1.85. The van der Waals surface area contributed by atoms with Gasteiger partial charge in [-0.05, 0) is 12.7 Å². The summed E-state index contributed by atoms with van der Waals surface area (Å²) in [5, 5.41) is 0. The molecule has 1 aliphatic rings. The zero-order valence-electron chi connectivity index (χ0n) is 5.59. The molecule has 1 saturated heterocycles. The first-order valence-electron chi connectivity index (χ1n) is 3.16. The second-order valence-electron chi connectivity index (χ2n) is 2.30. The molecule has 2 nitrogen and oxygen atoms in total. The average molecular weight is 148 g/mol. The van der Waals surface area contributed by atoms with Gasteiger partial charge in [0.15, 0.2) is 5.79 Å². The quantitative estimate of drug-likeness (QED) is 0.590. The Balaban J connectivity index is 2.32. The molecule has 1 rings (SSSR count). The summed E-state index contributed by atoms with van der Waals surface area (Å²) < 4.78 is 10.6. The molecule has 0 bridgehead atoms. The lowest BCUT2D eigenvalue weighted by molar-refractivity contribution is -0.142. The van der Waals surface area contributed by atoms with Crippen LogP contribution in [0.15, 0.2) is 0 Å². The normalized spacial score (nSPS) is 24.7. The van der Waals surface area contributed by atoms with Crippen LogP contribution in [0.3, 0.4) is 0 Å². The number of thiol groups is 1. The van der Waals surface area contributed by atoms with Gasteiger partial charge in [0.2, 0.25) is 0 Å². The van der Waals surface area contributed by atoms with Gasteiger partial charge in [0.1, 0.15) is 0 Å². The molecule has 0 radical (unpaired) electrons. The van der Waals surface area contributed by atoms with Gasteiger partial charge in [-0.2, -0.15) is 12.6 Å². The maximum absolute atomic E-state index is 5.31. The first-order chi connectivity index (χ1) is 4.27. The summed E-state index contributed by atoms with van der Waals surface area (Å²) in [5.41, 5.74) is 0. The molecule has 3 heteroatoms. The molecular weight excluding hydrogens is 136 g/mol. The van der Waals surface area contributed by atoms with Gasteiger partial charge in [0, 0.05) is 6.42 Å². The van der Waals surface area contributed by atoms with Crippen molar-refractivity contribution in [3.05, 3.63) is 0 Å². The van der Waals surface area contributed by atoms with Crippen LogP contribution >= 0.6 is 12.6 Å². The van der Waals surface area contributed by atoms with Crippen molar-refractivity contribution in [3.8, 4) is 0 Å². The predicted molar refractivity (Wildman–Crippen MR) is 38.8 cm³/mol. The molecule has 0 aromatic rings. The summed E-state index contributed by atoms with van der Waals surface area (Å²) in [5.74, 6) is 0.484. The molecule has 0 saturated carbocycles. The second kappa shape index (κ2) is 2.90. The van der Waals surface area contributed by atoms with Crippen LogP contribution in [0.4, 0.5) is 0 Å². The van der Waals surface area contributed by atoms with Crippen molar-refractivity contribution < 1.29 is 9.47 Å². The highest BCUT2D eigenvalue weighted by molar-refractivity contribution is 7.80. The Kier molecular flexibility index (Phi) is 2.38. The van der Waals surface area contributed by atoms with Crippen molar-refractivity contribution in [3.63, 3.8) is 0 Å². The van der Waals surface area contributed by atoms with E-state index in [9.17, 15) is 0 Å². The summed E-state index contributed by atoms with van der Waals surface area (Å²) in [6.07, 6.45) is 0.871. The molecule has 0 aromatic heterocycles. The van der Waals surface area contributed by atoms with Crippen molar-refractivity contribution >= 4 is 12.6 Å². The first kappa shape index (κ1) is 7.38. The van der Waals surface area contributed by atoms with Crippen molar-refractivity contribution in [2.45, 2.75) is 19.1 Å². The fourth-order valence-corrected chi connectivity index (χ4v) is 1.31. The van der Waals surface area contributed by atoms with Crippen LogP contribution in [0.25, 0.3) is 0 Å². The summed E-state index contributed by atoms with van der Waals surface area (Å²) in [6.45, 7) is 3.41. The lowest BCUT2D eigenvalue weighted by Crippen LogP contribution is -2.25. The number of hydrogen-bond acceptors (Lipinski definition) is 3. The summed E-state index contributed by atoms with van der Waals surface area (Å²) in [7, 11) is 0. The SMILES string of the molecule is CC1(CCS)OCCO1. The average Bonchev–Trinajstić information content (AvgIpc) is 2.16. The molecule has 0 amide bonds. The minimum Gasteiger partial charge on any atom is -0.348 e. The molecule has 1 aliphatic heterocycles. The highest BCUT2D eigenvalue weighted by Gasteiger charge is 2.29. The highest BCUT2D eigenvalue weighted by Crippen LogP contribution is 2.22. The van der Waals surface area contributed by atoms with Gasteiger partial charge < -0.3 is 9.47 Å². The van der Waals surface area contributed by atoms with E-state index in [1.54, 1.807) is 0 Å². The zero-order valence-corrected chi connectivity index (χ0v) is 6.49. The van der Waals surface area contributed by atoms with Crippen LogP contribution in [-0.2, 0) is 9.47 Å². The topological polar surface area (TPSA) is 18.5 Å². The Hall–Kier alpha value is 0.270. The Morgan fingerprint density at radius 1 is 1.44 bits per heavy atom. The Morgan fingerprint density at radius 3 is 2.44 bits per heavy atom. The Morgan fingerprint density at radius 2 is 2.00 bits per heavy atom. The first-order valence-corrected chi connectivity index (χ1v) is 3.79. The Labute approximate surface area is 60.9 Å². The fraction of sp³-hybridized carbons (Fsp3) is 1.00. The van der Waals surface area contributed by atoms with Gasteiger partial charge in [-0.1, -0.05) is 0 Å². The van der Waals surface area contributed by atoms with Gasteiger partial charge in [0.05, 0.1) is 13.2 Å². The lowest BCUT2D eigenvalue weighted by atomic mass is 10.2.